The molecule has 39 heavy (non-hydrogen) atoms. The van der Waals surface area contributed by atoms with Crippen molar-refractivity contribution in [3.8, 4) is 16.9 Å². The van der Waals surface area contributed by atoms with Gasteiger partial charge in [0.15, 0.2) is 0 Å². The minimum absolute atomic E-state index is 0.0875. The van der Waals surface area contributed by atoms with Crippen molar-refractivity contribution in [1.29, 1.82) is 0 Å². The molecule has 4 aromatic rings. The zero-order valence-corrected chi connectivity index (χ0v) is 22.7. The van der Waals surface area contributed by atoms with Crippen molar-refractivity contribution in [2.24, 2.45) is 0 Å². The lowest BCUT2D eigenvalue weighted by Crippen LogP contribution is -2.43. The summed E-state index contributed by atoms with van der Waals surface area (Å²) in [5.41, 5.74) is 3.92. The minimum atomic E-state index is -0.371. The predicted octanol–water partition coefficient (Wildman–Crippen LogP) is 6.12. The van der Waals surface area contributed by atoms with E-state index in [4.69, 9.17) is 16.7 Å². The Balaban J connectivity index is 1.60. The van der Waals surface area contributed by atoms with Crippen molar-refractivity contribution in [2.75, 3.05) is 30.3 Å². The fourth-order valence-electron chi connectivity index (χ4n) is 5.23. The van der Waals surface area contributed by atoms with Crippen LogP contribution < -0.4 is 4.90 Å². The topological polar surface area (TPSA) is 58.4 Å². The van der Waals surface area contributed by atoms with Gasteiger partial charge in [-0.25, -0.2) is 9.07 Å². The van der Waals surface area contributed by atoms with Crippen LogP contribution in [0.15, 0.2) is 78.9 Å². The highest BCUT2D eigenvalue weighted by molar-refractivity contribution is 8.00. The van der Waals surface area contributed by atoms with E-state index in [0.717, 1.165) is 29.5 Å². The van der Waals surface area contributed by atoms with Crippen LogP contribution in [0, 0.1) is 5.82 Å². The molecule has 6 nitrogen and oxygen atoms in total. The Morgan fingerprint density at radius 1 is 1.00 bits per heavy atom. The Bertz CT molecular complexity index is 1520. The quantitative estimate of drug-likeness (QED) is 0.295. The van der Waals surface area contributed by atoms with Crippen LogP contribution in [-0.2, 0) is 9.59 Å². The average Bonchev–Trinajstić information content (AvgIpc) is 3.59. The molecule has 0 radical (unpaired) electrons. The Morgan fingerprint density at radius 3 is 2.46 bits per heavy atom. The zero-order chi connectivity index (χ0) is 26.9. The van der Waals surface area contributed by atoms with E-state index in [2.05, 4.69) is 0 Å². The molecule has 0 aliphatic carbocycles. The van der Waals surface area contributed by atoms with Gasteiger partial charge in [0, 0.05) is 29.2 Å². The van der Waals surface area contributed by atoms with Gasteiger partial charge in [0.2, 0.25) is 11.8 Å². The Hall–Kier alpha value is -3.62. The lowest BCUT2D eigenvalue weighted by molar-refractivity contribution is -0.130. The predicted molar refractivity (Wildman–Crippen MR) is 153 cm³/mol. The Morgan fingerprint density at radius 2 is 1.74 bits per heavy atom. The fourth-order valence-corrected chi connectivity index (χ4v) is 6.61. The Kier molecular flexibility index (Phi) is 7.14. The summed E-state index contributed by atoms with van der Waals surface area (Å²) in [5.74, 6) is 0.0571. The highest BCUT2D eigenvalue weighted by Gasteiger charge is 2.38. The molecule has 0 spiro atoms. The number of aromatic nitrogens is 2. The number of thioether (sulfide) groups is 1. The van der Waals surface area contributed by atoms with Crippen LogP contribution in [0.25, 0.3) is 16.9 Å². The first-order valence-corrected chi connectivity index (χ1v) is 14.3. The monoisotopic (exact) mass is 560 g/mol. The number of rotatable bonds is 5. The van der Waals surface area contributed by atoms with Crippen molar-refractivity contribution in [2.45, 2.75) is 18.1 Å². The molecule has 0 saturated carbocycles. The van der Waals surface area contributed by atoms with Crippen LogP contribution in [-0.4, -0.2) is 51.9 Å². The SMILES string of the molecule is O=C(CN1C(=O)CS[C@H](c2cccc(Cl)c2)c2c(-c3ccccc3)nn(-c3ccc(F)cc3)c21)N1CCCC1. The number of fused-ring (bicyclic) bond motifs is 1. The van der Waals surface area contributed by atoms with Crippen LogP contribution in [0.4, 0.5) is 10.2 Å². The maximum Gasteiger partial charge on any atom is 0.242 e. The van der Waals surface area contributed by atoms with Gasteiger partial charge >= 0.3 is 0 Å². The maximum absolute atomic E-state index is 13.9. The third-order valence-corrected chi connectivity index (χ3v) is 8.60. The number of carbonyl (C=O) groups is 2. The highest BCUT2D eigenvalue weighted by Crippen LogP contribution is 2.48. The fraction of sp³-hybridized carbons (Fsp3) is 0.233. The molecule has 1 atom stereocenters. The van der Waals surface area contributed by atoms with Crippen molar-refractivity contribution >= 4 is 41.0 Å². The van der Waals surface area contributed by atoms with Gasteiger partial charge in [-0.15, -0.1) is 11.8 Å². The second-order valence-electron chi connectivity index (χ2n) is 9.65. The highest BCUT2D eigenvalue weighted by atomic mass is 35.5. The average molecular weight is 561 g/mol. The lowest BCUT2D eigenvalue weighted by Gasteiger charge is -2.25. The molecule has 2 aliphatic heterocycles. The first-order valence-electron chi connectivity index (χ1n) is 12.9. The lowest BCUT2D eigenvalue weighted by atomic mass is 9.99. The number of nitrogens with zero attached hydrogens (tertiary/aromatic N) is 4. The first-order chi connectivity index (χ1) is 19.0. The second-order valence-corrected chi connectivity index (χ2v) is 11.2. The van der Waals surface area contributed by atoms with E-state index in [0.29, 0.717) is 35.3 Å². The molecule has 1 aromatic heterocycles. The van der Waals surface area contributed by atoms with Crippen molar-refractivity contribution < 1.29 is 14.0 Å². The van der Waals surface area contributed by atoms with E-state index in [1.165, 1.54) is 23.9 Å². The number of benzene rings is 3. The minimum Gasteiger partial charge on any atom is -0.341 e. The molecule has 3 heterocycles. The number of hydrogen-bond donors (Lipinski definition) is 0. The molecule has 2 amide bonds. The maximum atomic E-state index is 13.9. The van der Waals surface area contributed by atoms with Crippen LogP contribution >= 0.6 is 23.4 Å². The van der Waals surface area contributed by atoms with E-state index < -0.39 is 0 Å². The van der Waals surface area contributed by atoms with Gasteiger partial charge in [0.1, 0.15) is 18.2 Å². The van der Waals surface area contributed by atoms with E-state index >= 15 is 0 Å². The van der Waals surface area contributed by atoms with E-state index in [1.54, 1.807) is 21.7 Å². The largest absolute Gasteiger partial charge is 0.341 e. The van der Waals surface area contributed by atoms with Gasteiger partial charge in [-0.05, 0) is 54.8 Å². The molecular weight excluding hydrogens is 535 g/mol. The number of anilines is 1. The van der Waals surface area contributed by atoms with E-state index in [-0.39, 0.29) is 35.2 Å². The van der Waals surface area contributed by atoms with Gasteiger partial charge in [-0.3, -0.25) is 14.5 Å². The summed E-state index contributed by atoms with van der Waals surface area (Å²) in [5, 5.41) is 5.34. The molecule has 1 saturated heterocycles. The molecule has 2 aliphatic rings. The van der Waals surface area contributed by atoms with E-state index in [9.17, 15) is 14.0 Å². The van der Waals surface area contributed by atoms with Crippen LogP contribution in [0.5, 0.6) is 0 Å². The van der Waals surface area contributed by atoms with Crippen LogP contribution in [0.2, 0.25) is 5.02 Å². The number of likely N-dealkylation sites (tertiary alicyclic amines) is 1. The number of hydrogen-bond acceptors (Lipinski definition) is 4. The molecule has 3 aromatic carbocycles. The molecule has 0 unspecified atom stereocenters. The third-order valence-electron chi connectivity index (χ3n) is 7.11. The molecule has 9 heteroatoms. The molecule has 6 rings (SSSR count). The summed E-state index contributed by atoms with van der Waals surface area (Å²) < 4.78 is 15.6. The summed E-state index contributed by atoms with van der Waals surface area (Å²) in [4.78, 5) is 30.5. The first kappa shape index (κ1) is 25.6. The molecule has 0 N–H and O–H groups in total. The van der Waals surface area contributed by atoms with Crippen molar-refractivity contribution in [1.82, 2.24) is 14.7 Å². The van der Waals surface area contributed by atoms with Crippen LogP contribution in [0.1, 0.15) is 29.2 Å². The van der Waals surface area contributed by atoms with Crippen LogP contribution in [0.3, 0.4) is 0 Å². The number of carbonyl (C=O) groups excluding carboxylic acids is 2. The zero-order valence-electron chi connectivity index (χ0n) is 21.1. The van der Waals surface area contributed by atoms with Gasteiger partial charge in [0.05, 0.1) is 22.4 Å². The summed E-state index contributed by atoms with van der Waals surface area (Å²) in [6, 6.07) is 23.4. The molecular formula is C30H26ClFN4O2S. The van der Waals surface area contributed by atoms with Crippen molar-refractivity contribution in [3.05, 3.63) is 101 Å². The standard InChI is InChI=1S/C30H26ClFN4O2S/c31-22-10-6-9-21(17-22)29-27-28(20-7-2-1-3-8-20)33-36(24-13-11-23(32)12-14-24)30(27)35(26(38)19-39-29)18-25(37)34-15-4-5-16-34/h1-3,6-14,17,29H,4-5,15-16,18-19H2/t29-/m1/s1. The van der Waals surface area contributed by atoms with E-state index in [1.807, 2.05) is 59.5 Å². The summed E-state index contributed by atoms with van der Waals surface area (Å²) in [6.07, 6.45) is 1.92. The number of halogens is 2. The summed E-state index contributed by atoms with van der Waals surface area (Å²) in [7, 11) is 0. The van der Waals surface area contributed by atoms with Gasteiger partial charge in [-0.2, -0.15) is 5.10 Å². The smallest absolute Gasteiger partial charge is 0.242 e. The molecule has 198 valence electrons. The number of amides is 2. The van der Waals surface area contributed by atoms with Gasteiger partial charge < -0.3 is 4.90 Å². The second kappa shape index (κ2) is 10.9. The van der Waals surface area contributed by atoms with Crippen molar-refractivity contribution in [3.63, 3.8) is 0 Å². The molecule has 0 bridgehead atoms. The summed E-state index contributed by atoms with van der Waals surface area (Å²) in [6.45, 7) is 1.30. The third kappa shape index (κ3) is 5.06. The normalized spacial score (nSPS) is 17.3. The molecule has 1 fully saturated rings. The van der Waals surface area contributed by atoms with Gasteiger partial charge in [0.25, 0.3) is 0 Å². The van der Waals surface area contributed by atoms with Gasteiger partial charge in [-0.1, -0.05) is 54.1 Å². The summed E-state index contributed by atoms with van der Waals surface area (Å²) >= 11 is 7.90. The Labute approximate surface area is 235 Å².